The molecule has 2 fully saturated rings. The lowest BCUT2D eigenvalue weighted by atomic mass is 9.77. The van der Waals surface area contributed by atoms with Crippen LogP contribution in [0.25, 0.3) is 0 Å². The van der Waals surface area contributed by atoms with Gasteiger partial charge in [-0.1, -0.05) is 18.2 Å². The molecule has 2 saturated heterocycles. The van der Waals surface area contributed by atoms with Crippen LogP contribution in [0.3, 0.4) is 0 Å². The van der Waals surface area contributed by atoms with Crippen LogP contribution in [0.4, 0.5) is 0 Å². The predicted molar refractivity (Wildman–Crippen MR) is 129 cm³/mol. The van der Waals surface area contributed by atoms with Gasteiger partial charge < -0.3 is 14.8 Å². The third-order valence-corrected chi connectivity index (χ3v) is 6.41. The normalized spacial score (nSPS) is 25.6. The number of β-lactam (4-membered cyclic amide) rings is 1. The lowest BCUT2D eigenvalue weighted by Crippen LogP contribution is -2.83. The molecule has 0 bridgehead atoms. The van der Waals surface area contributed by atoms with Gasteiger partial charge in [-0.05, 0) is 59.2 Å². The van der Waals surface area contributed by atoms with E-state index < -0.39 is 58.5 Å². The van der Waals surface area contributed by atoms with Gasteiger partial charge in [0.25, 0.3) is 5.91 Å². The summed E-state index contributed by atoms with van der Waals surface area (Å²) in [6.07, 6.45) is 1.43. The number of Topliss-reactive ketones (excluding diaryl/α,β-unsaturated/α-hetero) is 1. The Morgan fingerprint density at radius 1 is 1.11 bits per heavy atom. The van der Waals surface area contributed by atoms with E-state index in [1.54, 1.807) is 58.0 Å². The van der Waals surface area contributed by atoms with Crippen molar-refractivity contribution in [2.75, 3.05) is 19.7 Å². The number of rotatable bonds is 10. The molecule has 0 aliphatic carbocycles. The Bertz CT molecular complexity index is 999. The summed E-state index contributed by atoms with van der Waals surface area (Å²) in [6.45, 7) is 7.16. The molecule has 0 saturated carbocycles. The Morgan fingerprint density at radius 3 is 2.39 bits per heavy atom. The first kappa shape index (κ1) is 27.5. The van der Waals surface area contributed by atoms with E-state index in [9.17, 15) is 24.0 Å². The molecule has 4 atom stereocenters. The van der Waals surface area contributed by atoms with Gasteiger partial charge in [0.1, 0.15) is 11.6 Å². The summed E-state index contributed by atoms with van der Waals surface area (Å²) in [7, 11) is 0. The Balaban J connectivity index is 1.96. The van der Waals surface area contributed by atoms with Crippen LogP contribution in [0.5, 0.6) is 0 Å². The Hall–Kier alpha value is -3.11. The molecule has 2 aliphatic heterocycles. The van der Waals surface area contributed by atoms with E-state index in [2.05, 4.69) is 10.7 Å². The first-order chi connectivity index (χ1) is 17.0. The molecule has 36 heavy (non-hydrogen) atoms. The zero-order valence-electron chi connectivity index (χ0n) is 21.4. The minimum Gasteiger partial charge on any atom is -0.466 e. The van der Waals surface area contributed by atoms with Gasteiger partial charge in [0, 0.05) is 12.0 Å². The molecule has 0 radical (unpaired) electrons. The molecule has 2 amide bonds. The Kier molecular flexibility index (Phi) is 8.63. The summed E-state index contributed by atoms with van der Waals surface area (Å²) in [5.74, 6) is -3.68. The van der Waals surface area contributed by atoms with Crippen molar-refractivity contribution in [1.82, 2.24) is 10.7 Å². The van der Waals surface area contributed by atoms with Gasteiger partial charge in [-0.3, -0.25) is 14.4 Å². The topological polar surface area (TPSA) is 128 Å². The van der Waals surface area contributed by atoms with Gasteiger partial charge in [0.2, 0.25) is 6.54 Å². The average Bonchev–Trinajstić information content (AvgIpc) is 3.35. The lowest BCUT2D eigenvalue weighted by Gasteiger charge is -2.51. The third kappa shape index (κ3) is 6.17. The summed E-state index contributed by atoms with van der Waals surface area (Å²) in [6, 6.07) is 6.99. The van der Waals surface area contributed by atoms with Crippen LogP contribution in [0.15, 0.2) is 30.3 Å². The summed E-state index contributed by atoms with van der Waals surface area (Å²) in [4.78, 5) is 65.3. The smallest absolute Gasteiger partial charge is 0.365 e. The Labute approximate surface area is 211 Å². The fraction of sp³-hybridized carbons (Fsp3) is 0.577. The predicted octanol–water partition coefficient (Wildman–Crippen LogP) is 1.68. The molecule has 0 aromatic heterocycles. The van der Waals surface area contributed by atoms with Crippen LogP contribution in [-0.2, 0) is 28.7 Å². The van der Waals surface area contributed by atoms with Gasteiger partial charge in [0.05, 0.1) is 19.1 Å². The van der Waals surface area contributed by atoms with Gasteiger partial charge in [-0.15, -0.1) is 4.59 Å². The SMILES string of the molecule is CCOC(=O)CC[C@H]1[C@@H](C(=O)C2CCCN2)C(=O)[N+]1(CC(=O)OC(C)(C)C)NC(=O)c1ccccc1. The number of nitrogens with one attached hydrogen (secondary N) is 2. The van der Waals surface area contributed by atoms with Crippen LogP contribution in [0, 0.1) is 5.92 Å². The van der Waals surface area contributed by atoms with Crippen molar-refractivity contribution in [3.8, 4) is 0 Å². The number of amides is 2. The molecule has 10 heteroatoms. The summed E-state index contributed by atoms with van der Waals surface area (Å²) >= 11 is 0. The maximum Gasteiger partial charge on any atom is 0.365 e. The van der Waals surface area contributed by atoms with Gasteiger partial charge in [-0.2, -0.15) is 5.43 Å². The van der Waals surface area contributed by atoms with Crippen molar-refractivity contribution in [2.24, 2.45) is 5.92 Å². The number of carbonyl (C=O) groups is 5. The summed E-state index contributed by atoms with van der Waals surface area (Å²) in [5, 5.41) is 3.12. The van der Waals surface area contributed by atoms with E-state index in [0.29, 0.717) is 18.5 Å². The van der Waals surface area contributed by atoms with Crippen molar-refractivity contribution in [3.05, 3.63) is 35.9 Å². The van der Waals surface area contributed by atoms with E-state index in [1.807, 2.05) is 0 Å². The molecule has 2 N–H and O–H groups in total. The summed E-state index contributed by atoms with van der Waals surface area (Å²) < 4.78 is 9.72. The zero-order chi connectivity index (χ0) is 26.5. The number of hydrogen-bond donors (Lipinski definition) is 2. The first-order valence-electron chi connectivity index (χ1n) is 12.4. The molecule has 3 rings (SSSR count). The second-order valence-corrected chi connectivity index (χ2v) is 10.2. The molecule has 196 valence electrons. The summed E-state index contributed by atoms with van der Waals surface area (Å²) in [5.41, 5.74) is 2.19. The molecule has 2 heterocycles. The van der Waals surface area contributed by atoms with Crippen LogP contribution in [0.1, 0.15) is 63.7 Å². The second-order valence-electron chi connectivity index (χ2n) is 10.2. The van der Waals surface area contributed by atoms with Crippen molar-refractivity contribution >= 4 is 29.5 Å². The number of nitrogens with zero attached hydrogens (tertiary/aromatic N) is 1. The largest absolute Gasteiger partial charge is 0.466 e. The van der Waals surface area contributed by atoms with Gasteiger partial charge in [0.15, 0.2) is 11.7 Å². The number of ether oxygens (including phenoxy) is 2. The molecule has 0 spiro atoms. The quantitative estimate of drug-likeness (QED) is 0.214. The minimum absolute atomic E-state index is 0.0663. The van der Waals surface area contributed by atoms with Crippen LogP contribution < -0.4 is 10.7 Å². The number of esters is 2. The monoisotopic (exact) mass is 502 g/mol. The molecule has 2 unspecified atom stereocenters. The highest BCUT2D eigenvalue weighted by Gasteiger charge is 2.69. The van der Waals surface area contributed by atoms with E-state index in [1.165, 1.54) is 0 Å². The number of quaternary nitrogens is 1. The number of ketones is 1. The van der Waals surface area contributed by atoms with Crippen molar-refractivity contribution in [2.45, 2.75) is 71.1 Å². The highest BCUT2D eigenvalue weighted by atomic mass is 16.6. The Morgan fingerprint density at radius 2 is 1.81 bits per heavy atom. The highest BCUT2D eigenvalue weighted by Crippen LogP contribution is 2.39. The molecule has 1 aromatic carbocycles. The minimum atomic E-state index is -1.06. The number of hydrogen-bond acceptors (Lipinski definition) is 8. The average molecular weight is 503 g/mol. The first-order valence-corrected chi connectivity index (χ1v) is 12.4. The maximum absolute atomic E-state index is 13.7. The van der Waals surface area contributed by atoms with Crippen molar-refractivity contribution < 1.29 is 38.0 Å². The van der Waals surface area contributed by atoms with E-state index in [4.69, 9.17) is 9.47 Å². The van der Waals surface area contributed by atoms with Crippen LogP contribution >= 0.6 is 0 Å². The fourth-order valence-electron chi connectivity index (χ4n) is 4.88. The number of benzene rings is 1. The molecular weight excluding hydrogens is 466 g/mol. The van der Waals surface area contributed by atoms with Gasteiger partial charge >= 0.3 is 17.8 Å². The van der Waals surface area contributed by atoms with Crippen molar-refractivity contribution in [1.29, 1.82) is 0 Å². The van der Waals surface area contributed by atoms with E-state index in [-0.39, 0.29) is 25.2 Å². The molecule has 10 nitrogen and oxygen atoms in total. The maximum atomic E-state index is 13.7. The van der Waals surface area contributed by atoms with Crippen LogP contribution in [0.2, 0.25) is 0 Å². The number of carbonyl (C=O) groups excluding carboxylic acids is 5. The third-order valence-electron chi connectivity index (χ3n) is 6.41. The number of likely N-dealkylation sites (tertiary alicyclic amines) is 1. The van der Waals surface area contributed by atoms with E-state index in [0.717, 1.165) is 6.42 Å². The zero-order valence-corrected chi connectivity index (χ0v) is 21.4. The van der Waals surface area contributed by atoms with Crippen molar-refractivity contribution in [3.63, 3.8) is 0 Å². The molecular formula is C26H36N3O7+. The van der Waals surface area contributed by atoms with E-state index >= 15 is 0 Å². The fourth-order valence-corrected chi connectivity index (χ4v) is 4.88. The van der Waals surface area contributed by atoms with Gasteiger partial charge in [-0.25, -0.2) is 9.59 Å². The second kappa shape index (κ2) is 11.3. The molecule has 2 aliphatic rings. The lowest BCUT2D eigenvalue weighted by molar-refractivity contribution is -0.938. The standard InChI is InChI=1S/C26H35N3O7/c1-5-35-20(30)14-13-19-22(23(32)18-12-9-15-27-18)25(34)29(19,16-21(31)36-26(2,3)4)28-24(33)17-10-7-6-8-11-17/h6-8,10-11,18-19,22,27H,5,9,12-16H2,1-4H3/p+1/t18?,19-,22-,29?/m0/s1. The van der Waals surface area contributed by atoms with Crippen LogP contribution in [-0.4, -0.2) is 71.5 Å². The highest BCUT2D eigenvalue weighted by molar-refractivity contribution is 6.06. The molecule has 1 aromatic rings.